The minimum Gasteiger partial charge on any atom is -0.477 e. The zero-order valence-corrected chi connectivity index (χ0v) is 23.1. The Labute approximate surface area is 237 Å². The Kier molecular flexibility index (Phi) is 9.15. The van der Waals surface area contributed by atoms with E-state index in [1.165, 1.54) is 23.5 Å². The highest BCUT2D eigenvalue weighted by Crippen LogP contribution is 2.45. The predicted octanol–water partition coefficient (Wildman–Crippen LogP) is -0.311. The Morgan fingerprint density at radius 1 is 1.33 bits per heavy atom. The number of aliphatic carboxylic acids is 1. The summed E-state index contributed by atoms with van der Waals surface area (Å²) in [6, 6.07) is 2.55. The molecule has 2 aromatic heterocycles. The Balaban J connectivity index is 1.47. The van der Waals surface area contributed by atoms with E-state index in [-0.39, 0.29) is 28.4 Å². The molecule has 19 heteroatoms. The number of nitrogens with two attached hydrogens (primary N) is 3. The first-order valence-corrected chi connectivity index (χ1v) is 14.8. The molecule has 0 aromatic carbocycles. The number of hydrogen-bond acceptors (Lipinski definition) is 14. The van der Waals surface area contributed by atoms with E-state index in [0.29, 0.717) is 23.0 Å². The second kappa shape index (κ2) is 12.5. The van der Waals surface area contributed by atoms with Gasteiger partial charge in [0.05, 0.1) is 12.2 Å². The zero-order valence-electron chi connectivity index (χ0n) is 19.9. The van der Waals surface area contributed by atoms with Crippen LogP contribution in [0.15, 0.2) is 44.0 Å². The van der Waals surface area contributed by atoms with Gasteiger partial charge in [-0.2, -0.15) is 21.1 Å². The SMILES string of the molecule is NC(N)=NCCSCc1ncccc1SC1=C(C(=O)O)N2C(=O)C(NC(=O)/C(=N\O)c3nsc(N)n3)C2SC1. The molecule has 2 atom stereocenters. The Hall–Kier alpha value is -3.55. The lowest BCUT2D eigenvalue weighted by atomic mass is 10.0. The number of nitrogen functional groups attached to an aromatic ring is 1. The first-order valence-electron chi connectivity index (χ1n) is 11.0. The van der Waals surface area contributed by atoms with Gasteiger partial charge in [0.1, 0.15) is 17.1 Å². The fraction of sp³-hybridized carbons (Fsp3) is 0.300. The molecular weight excluding hydrogens is 589 g/mol. The van der Waals surface area contributed by atoms with E-state index in [0.717, 1.165) is 27.0 Å². The molecule has 0 radical (unpaired) electrons. The second-order valence-corrected chi connectivity index (χ2v) is 11.9. The normalized spacial score (nSPS) is 18.8. The van der Waals surface area contributed by atoms with Gasteiger partial charge in [0.15, 0.2) is 11.1 Å². The molecule has 2 aliphatic rings. The summed E-state index contributed by atoms with van der Waals surface area (Å²) in [5, 5.41) is 24.1. The molecule has 0 bridgehead atoms. The molecule has 4 rings (SSSR count). The van der Waals surface area contributed by atoms with Crippen LogP contribution in [0.4, 0.5) is 5.13 Å². The topological polar surface area (TPSA) is 248 Å². The fourth-order valence-corrected chi connectivity index (χ4v) is 7.45. The number of carboxylic acids is 1. The number of thioether (sulfide) groups is 3. The summed E-state index contributed by atoms with van der Waals surface area (Å²) in [7, 11) is 0. The number of fused-ring (bicyclic) bond motifs is 1. The third-order valence-corrected chi connectivity index (χ3v) is 9.37. The van der Waals surface area contributed by atoms with Crippen LogP contribution >= 0.6 is 46.8 Å². The summed E-state index contributed by atoms with van der Waals surface area (Å²) in [6.07, 6.45) is 1.65. The minimum atomic E-state index is -1.27. The average molecular weight is 611 g/mol. The summed E-state index contributed by atoms with van der Waals surface area (Å²) in [6.45, 7) is 0.462. The molecule has 9 N–H and O–H groups in total. The van der Waals surface area contributed by atoms with Crippen LogP contribution in [0.5, 0.6) is 0 Å². The quantitative estimate of drug-likeness (QED) is 0.0477. The Bertz CT molecular complexity index is 1380. The summed E-state index contributed by atoms with van der Waals surface area (Å²) in [5.74, 6) is -1.43. The molecule has 15 nitrogen and oxygen atoms in total. The number of guanidine groups is 1. The van der Waals surface area contributed by atoms with Gasteiger partial charge in [0.2, 0.25) is 11.5 Å². The molecule has 39 heavy (non-hydrogen) atoms. The first-order chi connectivity index (χ1) is 18.7. The maximum Gasteiger partial charge on any atom is 0.353 e. The number of β-lactam (4-membered cyclic amide) rings is 1. The average Bonchev–Trinajstić information content (AvgIpc) is 3.33. The van der Waals surface area contributed by atoms with Gasteiger partial charge in [-0.15, -0.1) is 11.8 Å². The minimum absolute atomic E-state index is 0.0249. The van der Waals surface area contributed by atoms with Crippen LogP contribution < -0.4 is 22.5 Å². The number of nitrogens with one attached hydrogen (secondary N) is 1. The molecule has 2 unspecified atom stereocenters. The standard InChI is InChI=1S/C20H22N10O5S4/c21-19(22)25-4-5-36-6-8-9(2-1-3-24-8)38-10-7-37-17-12(16(32)30(17)13(10)18(33)34)26-15(31)11(28-35)14-27-20(23)39-29-14/h1-3,12,17,35H,4-7H2,(H,26,31)(H,33,34)(H4,21,22,25)(H2,23,27,29)/b28-11-. The molecule has 2 aromatic rings. The van der Waals surface area contributed by atoms with Crippen LogP contribution in [0.1, 0.15) is 11.5 Å². The number of rotatable bonds is 11. The molecule has 1 fully saturated rings. The summed E-state index contributed by atoms with van der Waals surface area (Å²) >= 11 is 4.92. The molecule has 0 spiro atoms. The number of nitrogens with zero attached hydrogens (tertiary/aromatic N) is 6. The zero-order chi connectivity index (χ0) is 28.1. The molecule has 0 saturated carbocycles. The number of amides is 2. The third-order valence-electron chi connectivity index (χ3n) is 5.24. The number of pyridine rings is 1. The van der Waals surface area contributed by atoms with E-state index in [1.807, 2.05) is 6.07 Å². The van der Waals surface area contributed by atoms with Gasteiger partial charge in [-0.05, 0) is 12.1 Å². The van der Waals surface area contributed by atoms with E-state index in [1.54, 1.807) is 24.0 Å². The first kappa shape index (κ1) is 28.5. The van der Waals surface area contributed by atoms with Crippen molar-refractivity contribution >= 4 is 81.4 Å². The number of aliphatic imine (C=N–C) groups is 1. The third kappa shape index (κ3) is 6.37. The number of oxime groups is 1. The van der Waals surface area contributed by atoms with E-state index in [2.05, 4.69) is 29.8 Å². The molecule has 206 valence electrons. The van der Waals surface area contributed by atoms with E-state index < -0.39 is 34.9 Å². The van der Waals surface area contributed by atoms with E-state index in [9.17, 15) is 24.7 Å². The van der Waals surface area contributed by atoms with Crippen molar-refractivity contribution in [1.29, 1.82) is 0 Å². The molecule has 2 aliphatic heterocycles. The van der Waals surface area contributed by atoms with Gasteiger partial charge in [-0.3, -0.25) is 24.5 Å². The number of hydrogen-bond donors (Lipinski definition) is 6. The van der Waals surface area contributed by atoms with Crippen molar-refractivity contribution in [2.45, 2.75) is 22.1 Å². The van der Waals surface area contributed by atoms with Crippen LogP contribution in [-0.2, 0) is 20.1 Å². The largest absolute Gasteiger partial charge is 0.477 e. The maximum atomic E-state index is 13.0. The van der Waals surface area contributed by atoms with Crippen LogP contribution in [0, 0.1) is 0 Å². The molecular formula is C20H22N10O5S4. The second-order valence-electron chi connectivity index (χ2n) is 7.75. The number of aromatic nitrogens is 3. The highest BCUT2D eigenvalue weighted by molar-refractivity contribution is 8.06. The summed E-state index contributed by atoms with van der Waals surface area (Å²) < 4.78 is 3.83. The molecule has 4 heterocycles. The van der Waals surface area contributed by atoms with Crippen molar-refractivity contribution in [2.75, 3.05) is 23.8 Å². The lowest BCUT2D eigenvalue weighted by Crippen LogP contribution is -2.71. The Morgan fingerprint density at radius 3 is 2.79 bits per heavy atom. The van der Waals surface area contributed by atoms with Gasteiger partial charge in [-0.1, -0.05) is 16.9 Å². The van der Waals surface area contributed by atoms with Gasteiger partial charge >= 0.3 is 5.97 Å². The predicted molar refractivity (Wildman–Crippen MR) is 149 cm³/mol. The van der Waals surface area contributed by atoms with Crippen LogP contribution in [0.25, 0.3) is 0 Å². The molecule has 0 aliphatic carbocycles. The lowest BCUT2D eigenvalue weighted by Gasteiger charge is -2.49. The van der Waals surface area contributed by atoms with Crippen molar-refractivity contribution in [3.8, 4) is 0 Å². The smallest absolute Gasteiger partial charge is 0.353 e. The van der Waals surface area contributed by atoms with Crippen molar-refractivity contribution in [1.82, 2.24) is 24.6 Å². The molecule has 1 saturated heterocycles. The maximum absolute atomic E-state index is 13.0. The van der Waals surface area contributed by atoms with Gasteiger partial charge < -0.3 is 32.8 Å². The van der Waals surface area contributed by atoms with Crippen LogP contribution in [0.2, 0.25) is 0 Å². The monoisotopic (exact) mass is 610 g/mol. The lowest BCUT2D eigenvalue weighted by molar-refractivity contribution is -0.150. The number of anilines is 1. The summed E-state index contributed by atoms with van der Waals surface area (Å²) in [5.41, 5.74) is 16.3. The highest BCUT2D eigenvalue weighted by atomic mass is 32.2. The van der Waals surface area contributed by atoms with Gasteiger partial charge in [0, 0.05) is 44.8 Å². The van der Waals surface area contributed by atoms with E-state index >= 15 is 0 Å². The number of carbonyl (C=O) groups is 3. The van der Waals surface area contributed by atoms with Gasteiger partial charge in [-0.25, -0.2) is 4.79 Å². The Morgan fingerprint density at radius 2 is 2.13 bits per heavy atom. The highest BCUT2D eigenvalue weighted by Gasteiger charge is 2.54. The van der Waals surface area contributed by atoms with Crippen molar-refractivity contribution in [2.24, 2.45) is 21.6 Å². The summed E-state index contributed by atoms with van der Waals surface area (Å²) in [4.78, 5) is 52.5. The van der Waals surface area contributed by atoms with E-state index in [4.69, 9.17) is 17.2 Å². The number of carboxylic acid groups (broad SMARTS) is 1. The molecule has 2 amide bonds. The van der Waals surface area contributed by atoms with Crippen LogP contribution in [0.3, 0.4) is 0 Å². The van der Waals surface area contributed by atoms with Gasteiger partial charge in [0.25, 0.3) is 11.8 Å². The van der Waals surface area contributed by atoms with Crippen LogP contribution in [-0.4, -0.2) is 88.5 Å². The van der Waals surface area contributed by atoms with Crippen molar-refractivity contribution in [3.05, 3.63) is 40.5 Å². The van der Waals surface area contributed by atoms with Crippen molar-refractivity contribution in [3.63, 3.8) is 0 Å². The van der Waals surface area contributed by atoms with Crippen molar-refractivity contribution < 1.29 is 24.7 Å². The fourth-order valence-electron chi connectivity index (χ4n) is 3.57. The number of carbonyl (C=O) groups excluding carboxylic acids is 2.